The van der Waals surface area contributed by atoms with Crippen molar-refractivity contribution in [1.29, 1.82) is 0 Å². The van der Waals surface area contributed by atoms with Crippen LogP contribution in [0, 0.1) is 5.82 Å². The van der Waals surface area contributed by atoms with Crippen LogP contribution in [0.25, 0.3) is 0 Å². The molecule has 3 aromatic rings. The van der Waals surface area contributed by atoms with Crippen LogP contribution >= 0.6 is 23.4 Å². The van der Waals surface area contributed by atoms with Crippen LogP contribution in [0.5, 0.6) is 5.88 Å². The number of nitrogen functional groups attached to an aromatic ring is 1. The highest BCUT2D eigenvalue weighted by molar-refractivity contribution is 7.99. The highest BCUT2D eigenvalue weighted by Gasteiger charge is 2.20. The summed E-state index contributed by atoms with van der Waals surface area (Å²) in [7, 11) is 2.08. The zero-order valence-corrected chi connectivity index (χ0v) is 20.1. The third-order valence-electron chi connectivity index (χ3n) is 5.37. The second-order valence-electron chi connectivity index (χ2n) is 7.88. The maximum Gasteiger partial charge on any atom is 0.250 e. The van der Waals surface area contributed by atoms with Gasteiger partial charge in [0, 0.05) is 31.1 Å². The summed E-state index contributed by atoms with van der Waals surface area (Å²) in [4.78, 5) is 26.5. The average molecular weight is 503 g/mol. The minimum atomic E-state index is -0.594. The minimum absolute atomic E-state index is 0.0562. The lowest BCUT2D eigenvalue weighted by Crippen LogP contribution is -2.45. The molecule has 4 N–H and O–H groups in total. The summed E-state index contributed by atoms with van der Waals surface area (Å²) >= 11 is 7.56. The van der Waals surface area contributed by atoms with Gasteiger partial charge in [0.1, 0.15) is 12.4 Å². The number of hydrogen-bond donors (Lipinski definition) is 2. The summed E-state index contributed by atoms with van der Waals surface area (Å²) < 4.78 is 19.6. The molecule has 0 bridgehead atoms. The highest BCUT2D eigenvalue weighted by atomic mass is 35.5. The molecule has 2 aromatic carbocycles. The van der Waals surface area contributed by atoms with E-state index < -0.39 is 11.7 Å². The number of amides is 1. The van der Waals surface area contributed by atoms with Crippen LogP contribution in [-0.4, -0.2) is 54.0 Å². The molecule has 4 rings (SSSR count). The van der Waals surface area contributed by atoms with Crippen molar-refractivity contribution in [3.05, 3.63) is 64.6 Å². The molecule has 34 heavy (non-hydrogen) atoms. The van der Waals surface area contributed by atoms with E-state index in [4.69, 9.17) is 27.8 Å². The van der Waals surface area contributed by atoms with E-state index in [1.807, 2.05) is 0 Å². The van der Waals surface area contributed by atoms with E-state index in [0.717, 1.165) is 31.1 Å². The van der Waals surface area contributed by atoms with Gasteiger partial charge in [-0.05, 0) is 42.9 Å². The number of hydrogen-bond acceptors (Lipinski definition) is 8. The van der Waals surface area contributed by atoms with Crippen LogP contribution in [-0.2, 0) is 6.61 Å². The molecular formula is C23H24ClFN6O2S. The van der Waals surface area contributed by atoms with E-state index >= 15 is 0 Å². The quantitative estimate of drug-likeness (QED) is 0.473. The molecule has 178 valence electrons. The molecule has 1 aliphatic heterocycles. The molecule has 0 unspecified atom stereocenters. The van der Waals surface area contributed by atoms with Crippen molar-refractivity contribution in [2.24, 2.45) is 5.73 Å². The Kier molecular flexibility index (Phi) is 7.40. The van der Waals surface area contributed by atoms with Gasteiger partial charge >= 0.3 is 0 Å². The number of ether oxygens (including phenoxy) is 1. The van der Waals surface area contributed by atoms with E-state index in [9.17, 15) is 9.18 Å². The van der Waals surface area contributed by atoms with Crippen molar-refractivity contribution in [3.63, 3.8) is 0 Å². The minimum Gasteiger partial charge on any atom is -0.472 e. The Labute approximate surface area is 206 Å². The second kappa shape index (κ2) is 10.5. The predicted octanol–water partition coefficient (Wildman–Crippen LogP) is 3.43. The number of piperazine rings is 1. The number of aromatic nitrogens is 2. The zero-order valence-electron chi connectivity index (χ0n) is 18.5. The van der Waals surface area contributed by atoms with Crippen molar-refractivity contribution in [2.75, 3.05) is 43.9 Å². The normalized spacial score (nSPS) is 14.3. The Morgan fingerprint density at radius 1 is 1.21 bits per heavy atom. The van der Waals surface area contributed by atoms with Crippen LogP contribution < -0.4 is 21.1 Å². The number of anilines is 2. The van der Waals surface area contributed by atoms with Gasteiger partial charge in [-0.2, -0.15) is 4.98 Å². The largest absolute Gasteiger partial charge is 0.472 e. The third kappa shape index (κ3) is 5.69. The Balaban J connectivity index is 1.60. The first-order valence-corrected chi connectivity index (χ1v) is 11.7. The van der Waals surface area contributed by atoms with Crippen LogP contribution in [0.3, 0.4) is 0 Å². The van der Waals surface area contributed by atoms with Crippen LogP contribution in [0.15, 0.2) is 52.4 Å². The monoisotopic (exact) mass is 502 g/mol. The van der Waals surface area contributed by atoms with Crippen molar-refractivity contribution in [2.45, 2.75) is 16.4 Å². The fourth-order valence-corrected chi connectivity index (χ4v) is 4.60. The average Bonchev–Trinajstić information content (AvgIpc) is 2.81. The SMILES string of the molecule is CN1CCN(c2ncc(Sc3ccc(C(N)=O)c(Cl)c3)c(OCc3ccc(F)c(N)c3)n2)CC1. The van der Waals surface area contributed by atoms with Crippen molar-refractivity contribution < 1.29 is 13.9 Å². The number of nitrogens with zero attached hydrogens (tertiary/aromatic N) is 4. The van der Waals surface area contributed by atoms with E-state index in [1.165, 1.54) is 23.9 Å². The van der Waals surface area contributed by atoms with Gasteiger partial charge in [-0.15, -0.1) is 0 Å². The molecule has 0 spiro atoms. The van der Waals surface area contributed by atoms with E-state index in [0.29, 0.717) is 22.3 Å². The van der Waals surface area contributed by atoms with Crippen molar-refractivity contribution in [1.82, 2.24) is 14.9 Å². The molecule has 1 amide bonds. The first-order valence-electron chi connectivity index (χ1n) is 10.5. The summed E-state index contributed by atoms with van der Waals surface area (Å²) in [6.07, 6.45) is 1.70. The molecule has 1 aliphatic rings. The summed E-state index contributed by atoms with van der Waals surface area (Å²) in [5, 5.41) is 0.261. The van der Waals surface area contributed by atoms with Gasteiger partial charge in [-0.25, -0.2) is 9.37 Å². The van der Waals surface area contributed by atoms with Crippen LogP contribution in [0.2, 0.25) is 5.02 Å². The fraction of sp³-hybridized carbons (Fsp3) is 0.261. The number of likely N-dealkylation sites (N-methyl/N-ethyl adjacent to an activating group) is 1. The highest BCUT2D eigenvalue weighted by Crippen LogP contribution is 2.36. The number of primary amides is 1. The zero-order chi connectivity index (χ0) is 24.2. The Hall–Kier alpha value is -3.08. The molecule has 1 saturated heterocycles. The van der Waals surface area contributed by atoms with Crippen molar-refractivity contribution >= 4 is 40.9 Å². The fourth-order valence-electron chi connectivity index (χ4n) is 3.40. The van der Waals surface area contributed by atoms with Gasteiger partial charge in [0.2, 0.25) is 17.7 Å². The van der Waals surface area contributed by atoms with Gasteiger partial charge in [0.05, 0.1) is 27.4 Å². The smallest absolute Gasteiger partial charge is 0.250 e. The molecule has 8 nitrogen and oxygen atoms in total. The van der Waals surface area contributed by atoms with Gasteiger partial charge in [0.25, 0.3) is 0 Å². The van der Waals surface area contributed by atoms with E-state index in [1.54, 1.807) is 30.5 Å². The molecule has 0 saturated carbocycles. The topological polar surface area (TPSA) is 111 Å². The number of halogens is 2. The van der Waals surface area contributed by atoms with E-state index in [2.05, 4.69) is 26.8 Å². The lowest BCUT2D eigenvalue weighted by molar-refractivity contribution is 0.100. The first kappa shape index (κ1) is 24.1. The Morgan fingerprint density at radius 2 is 1.97 bits per heavy atom. The van der Waals surface area contributed by atoms with Gasteiger partial charge in [-0.3, -0.25) is 4.79 Å². The summed E-state index contributed by atoms with van der Waals surface area (Å²) in [6, 6.07) is 9.44. The molecule has 11 heteroatoms. The number of carbonyl (C=O) groups excluding carboxylic acids is 1. The Bertz CT molecular complexity index is 1210. The van der Waals surface area contributed by atoms with Crippen LogP contribution in [0.1, 0.15) is 15.9 Å². The second-order valence-corrected chi connectivity index (χ2v) is 9.40. The van der Waals surface area contributed by atoms with E-state index in [-0.39, 0.29) is 22.9 Å². The summed E-state index contributed by atoms with van der Waals surface area (Å²) in [5.41, 5.74) is 12.0. The summed E-state index contributed by atoms with van der Waals surface area (Å²) in [6.45, 7) is 3.59. The number of rotatable bonds is 7. The van der Waals surface area contributed by atoms with Crippen molar-refractivity contribution in [3.8, 4) is 5.88 Å². The maximum absolute atomic E-state index is 13.5. The molecule has 2 heterocycles. The third-order valence-corrected chi connectivity index (χ3v) is 6.67. The molecule has 1 aromatic heterocycles. The molecular weight excluding hydrogens is 479 g/mol. The predicted molar refractivity (Wildman–Crippen MR) is 131 cm³/mol. The molecule has 1 fully saturated rings. The molecule has 0 aliphatic carbocycles. The lowest BCUT2D eigenvalue weighted by Gasteiger charge is -2.32. The standard InChI is InChI=1S/C23H24ClFN6O2S/c1-30-6-8-31(9-7-30)23-28-12-20(34-15-3-4-16(21(27)32)17(24)11-15)22(29-23)33-13-14-2-5-18(25)19(26)10-14/h2-5,10-12H,6-9,13,26H2,1H3,(H2,27,32). The number of nitrogens with two attached hydrogens (primary N) is 2. The maximum atomic E-state index is 13.5. The molecule has 0 atom stereocenters. The van der Waals surface area contributed by atoms with Gasteiger partial charge in [-0.1, -0.05) is 29.4 Å². The lowest BCUT2D eigenvalue weighted by atomic mass is 10.2. The first-order chi connectivity index (χ1) is 16.3. The van der Waals surface area contributed by atoms with Gasteiger partial charge < -0.3 is 26.0 Å². The van der Waals surface area contributed by atoms with Gasteiger partial charge in [0.15, 0.2) is 0 Å². The molecule has 0 radical (unpaired) electrons. The number of benzene rings is 2. The summed E-state index contributed by atoms with van der Waals surface area (Å²) in [5.74, 6) is -0.111. The number of carbonyl (C=O) groups is 1. The Morgan fingerprint density at radius 3 is 2.65 bits per heavy atom. The van der Waals surface area contributed by atoms with Crippen LogP contribution in [0.4, 0.5) is 16.0 Å².